The van der Waals surface area contributed by atoms with Gasteiger partial charge in [0, 0.05) is 26.2 Å². The Hall–Kier alpha value is 1.66. The van der Waals surface area contributed by atoms with Gasteiger partial charge < -0.3 is 6.15 Å². The van der Waals surface area contributed by atoms with E-state index >= 15 is 0 Å². The summed E-state index contributed by atoms with van der Waals surface area (Å²) in [5.41, 5.74) is 0. The van der Waals surface area contributed by atoms with Gasteiger partial charge in [0.25, 0.3) is 0 Å². The van der Waals surface area contributed by atoms with E-state index in [2.05, 4.69) is 0 Å². The minimum Gasteiger partial charge on any atom is -0.344 e. The van der Waals surface area contributed by atoms with Crippen molar-refractivity contribution in [2.24, 2.45) is 0 Å². The predicted molar refractivity (Wildman–Crippen MR) is 43.0 cm³/mol. The van der Waals surface area contributed by atoms with Gasteiger partial charge in [-0.1, -0.05) is 7.43 Å². The van der Waals surface area contributed by atoms with Gasteiger partial charge in [-0.05, 0) is 11.0 Å². The number of rotatable bonds is 0. The van der Waals surface area contributed by atoms with E-state index in [-0.39, 0.29) is 76.5 Å². The topological polar surface area (TPSA) is 35.0 Å². The second kappa shape index (κ2) is 77.6. The molecule has 0 heterocycles. The molecule has 0 aliphatic heterocycles. The molecule has 0 aromatic heterocycles. The summed E-state index contributed by atoms with van der Waals surface area (Å²) in [6.07, 6.45) is 0. The molecule has 0 unspecified atom stereocenters. The zero-order valence-electron chi connectivity index (χ0n) is 1.21. The Labute approximate surface area is 76.1 Å². The van der Waals surface area contributed by atoms with Gasteiger partial charge in [0.2, 0.25) is 0 Å². The van der Waals surface area contributed by atoms with Crippen LogP contribution in [0, 0.1) is 0 Å². The van der Waals surface area contributed by atoms with Crippen molar-refractivity contribution in [1.82, 2.24) is 6.15 Å². The molecule has 0 atom stereocenters. The van der Waals surface area contributed by atoms with Crippen molar-refractivity contribution in [2.45, 2.75) is 7.43 Å². The molecule has 40 valence electrons. The normalized spacial score (nSPS) is 0. The molecule has 0 aliphatic rings. The molecule has 0 amide bonds. The average molecular weight is 200 g/mol. The van der Waals surface area contributed by atoms with Crippen LogP contribution >= 0.6 is 0 Å². The molecule has 0 bridgehead atoms. The molecule has 0 saturated carbocycles. The number of hydrogen-bond donors (Lipinski definition) is 1. The summed E-state index contributed by atoms with van der Waals surface area (Å²) in [4.78, 5) is 0. The smallest absolute Gasteiger partial charge is 0.187 e. The van der Waals surface area contributed by atoms with Crippen molar-refractivity contribution < 1.29 is 26.2 Å². The standard InChI is InChI=1S/CH4.Al.BH3.H3N.H4Si.Zr.3H/h1H4;;2*1H3;1H4;;;;. The second-order valence-electron chi connectivity index (χ2n) is 0. The number of hydrogen-bond acceptors (Lipinski definition) is 1. The Morgan fingerprint density at radius 3 is 1.00 bits per heavy atom. The van der Waals surface area contributed by atoms with E-state index in [1.54, 1.807) is 0 Å². The Balaban J connectivity index is 0. The van der Waals surface area contributed by atoms with Crippen LogP contribution in [0.5, 0.6) is 0 Å². The molecule has 0 aromatic rings. The first-order valence-electron chi connectivity index (χ1n) is 0. The molecule has 5 heteroatoms. The Bertz CT molecular complexity index is 15.5. The third kappa shape index (κ3) is 44.7. The van der Waals surface area contributed by atoms with E-state index in [0.717, 1.165) is 0 Å². The first kappa shape index (κ1) is 124. The van der Waals surface area contributed by atoms with Crippen LogP contribution < -0.4 is 6.15 Å². The van der Waals surface area contributed by atoms with E-state index in [1.165, 1.54) is 0 Å². The molecule has 3 N–H and O–H groups in total. The van der Waals surface area contributed by atoms with Crippen LogP contribution in [0.2, 0.25) is 0 Å². The molecule has 0 fully saturated rings. The summed E-state index contributed by atoms with van der Waals surface area (Å²) in [5.74, 6) is 0. The van der Waals surface area contributed by atoms with Crippen LogP contribution in [-0.2, 0) is 26.2 Å². The summed E-state index contributed by atoms with van der Waals surface area (Å²) < 4.78 is 0. The molecule has 1 nitrogen and oxygen atoms in total. The third-order valence-corrected chi connectivity index (χ3v) is 0. The average Bonchev–Trinajstić information content (AvgIpc) is 0. The fourth-order valence-corrected chi connectivity index (χ4v) is 0. The van der Waals surface area contributed by atoms with Gasteiger partial charge in [-0.2, -0.15) is 0 Å². The van der Waals surface area contributed by atoms with Crippen molar-refractivity contribution in [3.63, 3.8) is 0 Å². The first-order chi connectivity index (χ1) is 0. The maximum atomic E-state index is 0. The van der Waals surface area contributed by atoms with Crippen LogP contribution in [0.3, 0.4) is 0 Å². The van der Waals surface area contributed by atoms with Gasteiger partial charge in [0.15, 0.2) is 17.4 Å². The molecule has 0 aromatic carbocycles. The van der Waals surface area contributed by atoms with E-state index in [0.29, 0.717) is 0 Å². The van der Waals surface area contributed by atoms with E-state index in [1.807, 2.05) is 0 Å². The quantitative estimate of drug-likeness (QED) is 0.415. The summed E-state index contributed by atoms with van der Waals surface area (Å²) >= 11 is 0. The largest absolute Gasteiger partial charge is 0.344 e. The molecule has 0 spiro atoms. The van der Waals surface area contributed by atoms with Crippen LogP contribution in [-0.4, -0.2) is 36.7 Å². The van der Waals surface area contributed by atoms with Crippen LogP contribution in [0.25, 0.3) is 0 Å². The van der Waals surface area contributed by atoms with E-state index in [9.17, 15) is 0 Å². The Kier molecular flexibility index (Phi) is 1600. The van der Waals surface area contributed by atoms with Gasteiger partial charge in [-0.25, -0.2) is 0 Å². The summed E-state index contributed by atoms with van der Waals surface area (Å²) in [6.45, 7) is 0. The zero-order chi connectivity index (χ0) is 0. The fourth-order valence-electron chi connectivity index (χ4n) is 0. The molecular weight excluding hydrogens is 183 g/mol. The van der Waals surface area contributed by atoms with E-state index in [4.69, 9.17) is 0 Å². The van der Waals surface area contributed by atoms with Crippen molar-refractivity contribution in [2.75, 3.05) is 0 Å². The minimum atomic E-state index is 0. The Morgan fingerprint density at radius 2 is 1.00 bits per heavy atom. The molecule has 0 rings (SSSR count). The molecule has 0 aliphatic carbocycles. The monoisotopic (exact) mass is 199 g/mol. The summed E-state index contributed by atoms with van der Waals surface area (Å²) in [7, 11) is 0. The zero-order valence-corrected chi connectivity index (χ0v) is 3.67. The first-order valence-corrected chi connectivity index (χ1v) is 0. The summed E-state index contributed by atoms with van der Waals surface area (Å²) in [5, 5.41) is 0. The molecule has 0 radical (unpaired) electrons. The predicted octanol–water partition coefficient (Wildman–Crippen LogP) is -3.02. The SMILES string of the molecule is B.C.N.[AlH3].[SiH4].[Zr]. The van der Waals surface area contributed by atoms with Crippen molar-refractivity contribution in [1.29, 1.82) is 0 Å². The third-order valence-electron chi connectivity index (χ3n) is 0. The van der Waals surface area contributed by atoms with Crippen molar-refractivity contribution >= 4 is 36.7 Å². The second-order valence-corrected chi connectivity index (χ2v) is 0. The van der Waals surface area contributed by atoms with Gasteiger partial charge in [-0.3, -0.25) is 0 Å². The molecular formula is CH17AlBNSiZr. The summed E-state index contributed by atoms with van der Waals surface area (Å²) in [6, 6.07) is 0. The van der Waals surface area contributed by atoms with Crippen LogP contribution in [0.1, 0.15) is 7.43 Å². The maximum absolute atomic E-state index is 0. The molecule has 6 heavy (non-hydrogen) atoms. The van der Waals surface area contributed by atoms with Crippen LogP contribution in [0.4, 0.5) is 0 Å². The van der Waals surface area contributed by atoms with Gasteiger partial charge in [0.05, 0.1) is 8.41 Å². The maximum Gasteiger partial charge on any atom is 0.187 e. The van der Waals surface area contributed by atoms with Crippen molar-refractivity contribution in [3.8, 4) is 0 Å². The van der Waals surface area contributed by atoms with Gasteiger partial charge in [-0.15, -0.1) is 0 Å². The minimum absolute atomic E-state index is 0. The Morgan fingerprint density at radius 1 is 1.00 bits per heavy atom. The van der Waals surface area contributed by atoms with Crippen molar-refractivity contribution in [3.05, 3.63) is 0 Å². The van der Waals surface area contributed by atoms with Gasteiger partial charge in [0.1, 0.15) is 0 Å². The van der Waals surface area contributed by atoms with E-state index < -0.39 is 0 Å². The fraction of sp³-hybridized carbons (Fsp3) is 1.00. The van der Waals surface area contributed by atoms with Crippen LogP contribution in [0.15, 0.2) is 0 Å². The van der Waals surface area contributed by atoms with Gasteiger partial charge >= 0.3 is 0 Å². The molecule has 0 saturated heterocycles.